The molecule has 1 N–H and O–H groups in total. The van der Waals surface area contributed by atoms with Crippen molar-refractivity contribution in [2.45, 2.75) is 31.7 Å². The van der Waals surface area contributed by atoms with Crippen LogP contribution < -0.4 is 4.74 Å². The summed E-state index contributed by atoms with van der Waals surface area (Å²) in [5.41, 5.74) is 0.497. The number of carbonyl (C=O) groups is 1. The van der Waals surface area contributed by atoms with E-state index < -0.39 is 0 Å². The lowest BCUT2D eigenvalue weighted by Gasteiger charge is -2.29. The molecule has 0 atom stereocenters. The Morgan fingerprint density at radius 3 is 2.75 bits per heavy atom. The van der Waals surface area contributed by atoms with Gasteiger partial charge in [0.1, 0.15) is 5.75 Å². The minimum atomic E-state index is -0.0977. The van der Waals surface area contributed by atoms with Crippen LogP contribution >= 0.6 is 11.6 Å². The van der Waals surface area contributed by atoms with Gasteiger partial charge in [-0.15, -0.1) is 0 Å². The lowest BCUT2D eigenvalue weighted by atomic mass is 10.1. The largest absolute Gasteiger partial charge is 0.496 e. The van der Waals surface area contributed by atoms with Crippen LogP contribution in [0, 0.1) is 0 Å². The molecule has 0 saturated heterocycles. The Labute approximate surface area is 124 Å². The highest BCUT2D eigenvalue weighted by Gasteiger charge is 2.28. The topological polar surface area (TPSA) is 49.8 Å². The summed E-state index contributed by atoms with van der Waals surface area (Å²) >= 11 is 5.92. The molecule has 4 nitrogen and oxygen atoms in total. The molecule has 5 heteroatoms. The predicted octanol–water partition coefficient (Wildman–Crippen LogP) is 2.73. The Morgan fingerprint density at radius 1 is 1.45 bits per heavy atom. The first-order chi connectivity index (χ1) is 9.67. The molecule has 1 amide bonds. The summed E-state index contributed by atoms with van der Waals surface area (Å²) in [7, 11) is 1.52. The minimum absolute atomic E-state index is 0.0296. The third-order valence-corrected chi connectivity index (χ3v) is 4.00. The second-order valence-corrected chi connectivity index (χ2v) is 5.44. The zero-order valence-electron chi connectivity index (χ0n) is 11.6. The van der Waals surface area contributed by atoms with E-state index in [0.29, 0.717) is 22.9 Å². The highest BCUT2D eigenvalue weighted by Crippen LogP contribution is 2.28. The molecular weight excluding hydrogens is 278 g/mol. The van der Waals surface area contributed by atoms with E-state index in [2.05, 4.69) is 0 Å². The van der Waals surface area contributed by atoms with Gasteiger partial charge in [-0.1, -0.05) is 24.4 Å². The van der Waals surface area contributed by atoms with E-state index in [9.17, 15) is 9.90 Å². The summed E-state index contributed by atoms with van der Waals surface area (Å²) in [5.74, 6) is 0.378. The first-order valence-corrected chi connectivity index (χ1v) is 7.30. The predicted molar refractivity (Wildman–Crippen MR) is 78.4 cm³/mol. The van der Waals surface area contributed by atoms with Gasteiger partial charge in [-0.3, -0.25) is 4.79 Å². The molecule has 0 heterocycles. The molecular formula is C15H20ClNO3. The molecule has 20 heavy (non-hydrogen) atoms. The SMILES string of the molecule is COc1cc(Cl)ccc1C(=O)N(CCO)C1CCCC1. The average molecular weight is 298 g/mol. The molecule has 0 aromatic heterocycles. The highest BCUT2D eigenvalue weighted by atomic mass is 35.5. The van der Waals surface area contributed by atoms with E-state index in [1.54, 1.807) is 23.1 Å². The molecule has 0 bridgehead atoms. The van der Waals surface area contributed by atoms with Crippen LogP contribution in [-0.2, 0) is 0 Å². The van der Waals surface area contributed by atoms with Crippen LogP contribution in [0.2, 0.25) is 5.02 Å². The first kappa shape index (κ1) is 15.1. The third-order valence-electron chi connectivity index (χ3n) is 3.76. The van der Waals surface area contributed by atoms with Gasteiger partial charge in [-0.05, 0) is 31.0 Å². The summed E-state index contributed by atoms with van der Waals surface area (Å²) in [4.78, 5) is 14.5. The van der Waals surface area contributed by atoms with Gasteiger partial charge in [-0.2, -0.15) is 0 Å². The van der Waals surface area contributed by atoms with Crippen LogP contribution in [0.4, 0.5) is 0 Å². The molecule has 0 unspecified atom stereocenters. The maximum atomic E-state index is 12.7. The van der Waals surface area contributed by atoms with Crippen LogP contribution in [0.25, 0.3) is 0 Å². The van der Waals surface area contributed by atoms with Crippen LogP contribution in [0.5, 0.6) is 5.75 Å². The zero-order chi connectivity index (χ0) is 14.5. The maximum Gasteiger partial charge on any atom is 0.257 e. The monoisotopic (exact) mass is 297 g/mol. The number of aliphatic hydroxyl groups is 1. The molecule has 1 aliphatic rings. The molecule has 1 saturated carbocycles. The van der Waals surface area contributed by atoms with E-state index in [-0.39, 0.29) is 18.6 Å². The Balaban J connectivity index is 2.26. The number of rotatable bonds is 5. The number of nitrogens with zero attached hydrogens (tertiary/aromatic N) is 1. The van der Waals surface area contributed by atoms with E-state index in [1.165, 1.54) is 7.11 Å². The van der Waals surface area contributed by atoms with Crippen molar-refractivity contribution in [3.05, 3.63) is 28.8 Å². The standard InChI is InChI=1S/C15H20ClNO3/c1-20-14-10-11(16)6-7-13(14)15(19)17(8-9-18)12-4-2-3-5-12/h6-7,10,12,18H,2-5,8-9H2,1H3. The van der Waals surface area contributed by atoms with Crippen LogP contribution in [0.15, 0.2) is 18.2 Å². The van der Waals surface area contributed by atoms with Crippen molar-refractivity contribution in [2.75, 3.05) is 20.3 Å². The van der Waals surface area contributed by atoms with Crippen LogP contribution in [0.1, 0.15) is 36.0 Å². The maximum absolute atomic E-state index is 12.7. The van der Waals surface area contributed by atoms with Gasteiger partial charge in [0.15, 0.2) is 0 Å². The van der Waals surface area contributed by atoms with Crippen LogP contribution in [-0.4, -0.2) is 42.2 Å². The lowest BCUT2D eigenvalue weighted by molar-refractivity contribution is 0.0634. The molecule has 0 radical (unpaired) electrons. The second kappa shape index (κ2) is 6.95. The van der Waals surface area contributed by atoms with Gasteiger partial charge in [0.05, 0.1) is 19.3 Å². The number of methoxy groups -OCH3 is 1. The van der Waals surface area contributed by atoms with E-state index >= 15 is 0 Å². The quantitative estimate of drug-likeness (QED) is 0.909. The van der Waals surface area contributed by atoms with Gasteiger partial charge < -0.3 is 14.7 Å². The summed E-state index contributed by atoms with van der Waals surface area (Å²) < 4.78 is 5.24. The van der Waals surface area contributed by atoms with Crippen LogP contribution in [0.3, 0.4) is 0 Å². The third kappa shape index (κ3) is 3.25. The first-order valence-electron chi connectivity index (χ1n) is 6.92. The summed E-state index contributed by atoms with van der Waals surface area (Å²) in [6.07, 6.45) is 4.28. The normalized spacial score (nSPS) is 15.3. The smallest absolute Gasteiger partial charge is 0.257 e. The van der Waals surface area contributed by atoms with Crippen molar-refractivity contribution in [3.63, 3.8) is 0 Å². The fourth-order valence-electron chi connectivity index (χ4n) is 2.77. The number of aliphatic hydroxyl groups excluding tert-OH is 1. The molecule has 0 aliphatic heterocycles. The average Bonchev–Trinajstić information content (AvgIpc) is 2.97. The number of amides is 1. The van der Waals surface area contributed by atoms with Crippen molar-refractivity contribution < 1.29 is 14.6 Å². The lowest BCUT2D eigenvalue weighted by Crippen LogP contribution is -2.40. The molecule has 2 rings (SSSR count). The second-order valence-electron chi connectivity index (χ2n) is 5.01. The van der Waals surface area contributed by atoms with Gasteiger partial charge >= 0.3 is 0 Å². The number of hydrogen-bond acceptors (Lipinski definition) is 3. The van der Waals surface area contributed by atoms with Crippen molar-refractivity contribution in [2.24, 2.45) is 0 Å². The van der Waals surface area contributed by atoms with Crippen molar-refractivity contribution in [3.8, 4) is 5.75 Å². The summed E-state index contributed by atoms with van der Waals surface area (Å²) in [6, 6.07) is 5.22. The molecule has 110 valence electrons. The van der Waals surface area contributed by atoms with E-state index in [0.717, 1.165) is 25.7 Å². The Morgan fingerprint density at radius 2 is 2.15 bits per heavy atom. The number of ether oxygens (including phenoxy) is 1. The number of halogens is 1. The zero-order valence-corrected chi connectivity index (χ0v) is 12.4. The van der Waals surface area contributed by atoms with Gasteiger partial charge in [0, 0.05) is 17.6 Å². The number of carbonyl (C=O) groups excluding carboxylic acids is 1. The number of benzene rings is 1. The fraction of sp³-hybridized carbons (Fsp3) is 0.533. The molecule has 1 aromatic carbocycles. The number of hydrogen-bond donors (Lipinski definition) is 1. The molecule has 1 aromatic rings. The Hall–Kier alpha value is -1.26. The van der Waals surface area contributed by atoms with E-state index in [4.69, 9.17) is 16.3 Å². The van der Waals surface area contributed by atoms with Crippen molar-refractivity contribution >= 4 is 17.5 Å². The van der Waals surface area contributed by atoms with Gasteiger partial charge in [0.2, 0.25) is 0 Å². The Bertz CT molecular complexity index is 472. The van der Waals surface area contributed by atoms with Gasteiger partial charge in [0.25, 0.3) is 5.91 Å². The summed E-state index contributed by atoms with van der Waals surface area (Å²) in [5, 5.41) is 9.75. The van der Waals surface area contributed by atoms with Crippen molar-refractivity contribution in [1.82, 2.24) is 4.90 Å². The fourth-order valence-corrected chi connectivity index (χ4v) is 2.93. The van der Waals surface area contributed by atoms with E-state index in [1.807, 2.05) is 0 Å². The highest BCUT2D eigenvalue weighted by molar-refractivity contribution is 6.30. The molecule has 1 aliphatic carbocycles. The molecule has 1 fully saturated rings. The summed E-state index contributed by atoms with van der Waals surface area (Å²) in [6.45, 7) is 0.327. The van der Waals surface area contributed by atoms with Crippen molar-refractivity contribution in [1.29, 1.82) is 0 Å². The molecule has 0 spiro atoms. The minimum Gasteiger partial charge on any atom is -0.496 e. The Kier molecular flexibility index (Phi) is 5.26. The van der Waals surface area contributed by atoms with Gasteiger partial charge in [-0.25, -0.2) is 0 Å².